The molecule has 2 nitrogen and oxygen atoms in total. The summed E-state index contributed by atoms with van der Waals surface area (Å²) in [6.45, 7) is 9.66. The van der Waals surface area contributed by atoms with Gasteiger partial charge in [-0.15, -0.1) is 0 Å². The van der Waals surface area contributed by atoms with Gasteiger partial charge in [-0.25, -0.2) is 0 Å². The Hall–Kier alpha value is -0.860. The van der Waals surface area contributed by atoms with Gasteiger partial charge in [-0.3, -0.25) is 0 Å². The van der Waals surface area contributed by atoms with E-state index in [4.69, 9.17) is 4.74 Å². The predicted molar refractivity (Wildman–Crippen MR) is 80.5 cm³/mol. The van der Waals surface area contributed by atoms with Gasteiger partial charge in [-0.1, -0.05) is 30.7 Å². The van der Waals surface area contributed by atoms with Crippen LogP contribution in [0.2, 0.25) is 0 Å². The summed E-state index contributed by atoms with van der Waals surface area (Å²) in [4.78, 5) is 0. The Morgan fingerprint density at radius 1 is 1.32 bits per heavy atom. The van der Waals surface area contributed by atoms with E-state index in [0.717, 1.165) is 19.7 Å². The monoisotopic (exact) mass is 261 g/mol. The lowest BCUT2D eigenvalue weighted by Crippen LogP contribution is -2.32. The Kier molecular flexibility index (Phi) is 5.41. The average molecular weight is 261 g/mol. The largest absolute Gasteiger partial charge is 0.373 e. The van der Waals surface area contributed by atoms with Crippen LogP contribution in [0.5, 0.6) is 0 Å². The fourth-order valence-electron chi connectivity index (χ4n) is 3.01. The van der Waals surface area contributed by atoms with Gasteiger partial charge >= 0.3 is 0 Å². The molecule has 1 N–H and O–H groups in total. The van der Waals surface area contributed by atoms with Crippen LogP contribution in [0.4, 0.5) is 0 Å². The highest BCUT2D eigenvalue weighted by Crippen LogP contribution is 2.35. The lowest BCUT2D eigenvalue weighted by Gasteiger charge is -2.33. The van der Waals surface area contributed by atoms with E-state index in [2.05, 4.69) is 44.3 Å². The van der Waals surface area contributed by atoms with Gasteiger partial charge in [-0.05, 0) is 50.8 Å². The summed E-state index contributed by atoms with van der Waals surface area (Å²) in [7, 11) is 0. The van der Waals surface area contributed by atoms with Gasteiger partial charge in [-0.2, -0.15) is 0 Å². The maximum Gasteiger partial charge on any atom is 0.0867 e. The zero-order chi connectivity index (χ0) is 13.7. The van der Waals surface area contributed by atoms with Crippen LogP contribution in [0, 0.1) is 19.8 Å². The summed E-state index contributed by atoms with van der Waals surface area (Å²) in [5, 5.41) is 3.56. The van der Waals surface area contributed by atoms with Crippen LogP contribution in [-0.2, 0) is 4.74 Å². The Labute approximate surface area is 117 Å². The van der Waals surface area contributed by atoms with Gasteiger partial charge < -0.3 is 10.1 Å². The van der Waals surface area contributed by atoms with Crippen molar-refractivity contribution in [3.8, 4) is 0 Å². The fourth-order valence-corrected chi connectivity index (χ4v) is 3.01. The molecule has 0 bridgehead atoms. The molecule has 2 atom stereocenters. The molecule has 1 aromatic rings. The molecule has 106 valence electrons. The molecule has 2 heteroatoms. The minimum Gasteiger partial charge on any atom is -0.373 e. The van der Waals surface area contributed by atoms with Gasteiger partial charge in [0.1, 0.15) is 0 Å². The van der Waals surface area contributed by atoms with E-state index in [1.807, 2.05) is 0 Å². The Morgan fingerprint density at radius 3 is 2.89 bits per heavy atom. The molecule has 1 fully saturated rings. The summed E-state index contributed by atoms with van der Waals surface area (Å²) in [6.07, 6.45) is 3.94. The van der Waals surface area contributed by atoms with E-state index in [1.165, 1.54) is 36.0 Å². The summed E-state index contributed by atoms with van der Waals surface area (Å²) in [5.41, 5.74) is 4.08. The number of hydrogen-bond acceptors (Lipinski definition) is 2. The van der Waals surface area contributed by atoms with Gasteiger partial charge in [0.2, 0.25) is 0 Å². The van der Waals surface area contributed by atoms with Crippen LogP contribution in [0.3, 0.4) is 0 Å². The Balaban J connectivity index is 2.09. The molecule has 1 aromatic carbocycles. The van der Waals surface area contributed by atoms with Crippen LogP contribution in [0.15, 0.2) is 18.2 Å². The zero-order valence-electron chi connectivity index (χ0n) is 12.5. The Morgan fingerprint density at radius 2 is 2.16 bits per heavy atom. The van der Waals surface area contributed by atoms with E-state index in [0.29, 0.717) is 5.92 Å². The van der Waals surface area contributed by atoms with Crippen molar-refractivity contribution in [1.29, 1.82) is 0 Å². The average Bonchev–Trinajstić information content (AvgIpc) is 2.40. The van der Waals surface area contributed by atoms with E-state index in [9.17, 15) is 0 Å². The smallest absolute Gasteiger partial charge is 0.0867 e. The van der Waals surface area contributed by atoms with Crippen molar-refractivity contribution in [2.75, 3.05) is 19.7 Å². The van der Waals surface area contributed by atoms with Crippen LogP contribution < -0.4 is 5.32 Å². The van der Waals surface area contributed by atoms with Gasteiger partial charge in [0.05, 0.1) is 6.10 Å². The third kappa shape index (κ3) is 3.80. The summed E-state index contributed by atoms with van der Waals surface area (Å²) in [5.74, 6) is 0.613. The first kappa shape index (κ1) is 14.5. The molecule has 0 amide bonds. The third-order valence-corrected chi connectivity index (χ3v) is 4.01. The third-order valence-electron chi connectivity index (χ3n) is 4.01. The van der Waals surface area contributed by atoms with E-state index < -0.39 is 0 Å². The van der Waals surface area contributed by atoms with Gasteiger partial charge in [0.15, 0.2) is 0 Å². The van der Waals surface area contributed by atoms with Crippen molar-refractivity contribution >= 4 is 0 Å². The van der Waals surface area contributed by atoms with Crippen molar-refractivity contribution in [2.45, 2.75) is 46.1 Å². The normalized spacial score (nSPS) is 23.5. The van der Waals surface area contributed by atoms with Crippen LogP contribution in [-0.4, -0.2) is 19.7 Å². The van der Waals surface area contributed by atoms with Crippen LogP contribution in [0.25, 0.3) is 0 Å². The summed E-state index contributed by atoms with van der Waals surface area (Å²) < 4.78 is 6.09. The van der Waals surface area contributed by atoms with E-state index >= 15 is 0 Å². The molecule has 0 aliphatic carbocycles. The van der Waals surface area contributed by atoms with Crippen molar-refractivity contribution < 1.29 is 4.74 Å². The molecule has 0 saturated carbocycles. The number of benzene rings is 1. The molecule has 1 heterocycles. The summed E-state index contributed by atoms with van der Waals surface area (Å²) in [6, 6.07) is 6.73. The van der Waals surface area contributed by atoms with Crippen LogP contribution in [0.1, 0.15) is 49.0 Å². The molecular weight excluding hydrogens is 234 g/mol. The molecule has 1 saturated heterocycles. The molecule has 2 rings (SSSR count). The minimum absolute atomic E-state index is 0.277. The molecule has 0 spiro atoms. The highest BCUT2D eigenvalue weighted by molar-refractivity contribution is 5.32. The Bertz CT molecular complexity index is 402. The number of ether oxygens (including phenoxy) is 1. The number of nitrogens with one attached hydrogen (secondary N) is 1. The number of aryl methyl sites for hydroxylation is 2. The number of rotatable bonds is 5. The second-order valence-corrected chi connectivity index (χ2v) is 5.76. The quantitative estimate of drug-likeness (QED) is 0.815. The van der Waals surface area contributed by atoms with Gasteiger partial charge in [0.25, 0.3) is 0 Å². The molecular formula is C17H27NO. The maximum absolute atomic E-state index is 6.09. The first-order valence-corrected chi connectivity index (χ1v) is 7.62. The minimum atomic E-state index is 0.277. The second kappa shape index (κ2) is 7.06. The number of hydrogen-bond donors (Lipinski definition) is 1. The molecule has 2 unspecified atom stereocenters. The van der Waals surface area contributed by atoms with Crippen molar-refractivity contribution in [2.24, 2.45) is 5.92 Å². The maximum atomic E-state index is 6.09. The molecule has 0 radical (unpaired) electrons. The summed E-state index contributed by atoms with van der Waals surface area (Å²) >= 11 is 0. The molecule has 19 heavy (non-hydrogen) atoms. The SMILES string of the molecule is CCCNCC1CCCOC1c1ccc(C)cc1C. The zero-order valence-corrected chi connectivity index (χ0v) is 12.5. The first-order valence-electron chi connectivity index (χ1n) is 7.62. The second-order valence-electron chi connectivity index (χ2n) is 5.76. The molecule has 1 aliphatic rings. The van der Waals surface area contributed by atoms with Crippen molar-refractivity contribution in [1.82, 2.24) is 5.32 Å². The first-order chi connectivity index (χ1) is 9.22. The highest BCUT2D eigenvalue weighted by atomic mass is 16.5. The fraction of sp³-hybridized carbons (Fsp3) is 0.647. The lowest BCUT2D eigenvalue weighted by atomic mass is 9.87. The molecule has 0 aromatic heterocycles. The predicted octanol–water partition coefficient (Wildman–Crippen LogP) is 3.77. The van der Waals surface area contributed by atoms with Gasteiger partial charge in [0, 0.05) is 19.1 Å². The van der Waals surface area contributed by atoms with Crippen molar-refractivity contribution in [3.63, 3.8) is 0 Å². The topological polar surface area (TPSA) is 21.3 Å². The lowest BCUT2D eigenvalue weighted by molar-refractivity contribution is -0.0280. The highest BCUT2D eigenvalue weighted by Gasteiger charge is 2.28. The molecule has 1 aliphatic heterocycles. The van der Waals surface area contributed by atoms with E-state index in [-0.39, 0.29) is 6.10 Å². The van der Waals surface area contributed by atoms with Crippen LogP contribution >= 0.6 is 0 Å². The standard InChI is InChI=1S/C17H27NO/c1-4-9-18-12-15-6-5-10-19-17(15)16-8-7-13(2)11-14(16)3/h7-8,11,15,17-18H,4-6,9-10,12H2,1-3H3. The van der Waals surface area contributed by atoms with Crippen molar-refractivity contribution in [3.05, 3.63) is 34.9 Å². The van der Waals surface area contributed by atoms with E-state index in [1.54, 1.807) is 0 Å².